The van der Waals surface area contributed by atoms with E-state index >= 15 is 0 Å². The van der Waals surface area contributed by atoms with Gasteiger partial charge in [0.2, 0.25) is 11.9 Å². The Morgan fingerprint density at radius 2 is 2.09 bits per heavy atom. The fraction of sp³-hybridized carbons (Fsp3) is 0.455. The lowest BCUT2D eigenvalue weighted by molar-refractivity contribution is -0.123. The lowest BCUT2D eigenvalue weighted by atomic mass is 9.75. The van der Waals surface area contributed by atoms with Gasteiger partial charge in [0.05, 0.1) is 12.1 Å². The fourth-order valence-corrected chi connectivity index (χ4v) is 5.72. The predicted molar refractivity (Wildman–Crippen MR) is 114 cm³/mol. The standard InChI is InChI=1S/C22H25FN6O3/c23-15-9-26-21(27-13-3-1-2-11(6-13)10-32-20(25)31)29-19(15)28-17-14-7-12(16(17)18(24)30)8-22(14)4-5-22/h1-3,6,9,12,14,16-17H,4-5,7-8,10H2,(H2,24,30)(H2,25,31)(H2,26,27,28,29)/t12-,14-,16-,17+/m0/s1. The van der Waals surface area contributed by atoms with Crippen LogP contribution in [-0.2, 0) is 16.1 Å². The number of hydrogen-bond donors (Lipinski definition) is 4. The zero-order valence-corrected chi connectivity index (χ0v) is 17.4. The predicted octanol–water partition coefficient (Wildman–Crippen LogP) is 2.66. The van der Waals surface area contributed by atoms with Gasteiger partial charge in [-0.2, -0.15) is 4.98 Å². The average molecular weight is 440 g/mol. The van der Waals surface area contributed by atoms with Gasteiger partial charge in [-0.25, -0.2) is 14.2 Å². The molecule has 2 amide bonds. The molecule has 1 spiro atoms. The Kier molecular flexibility index (Phi) is 4.87. The van der Waals surface area contributed by atoms with Crippen LogP contribution in [0.25, 0.3) is 0 Å². The number of carbonyl (C=O) groups excluding carboxylic acids is 2. The van der Waals surface area contributed by atoms with E-state index < -0.39 is 11.9 Å². The van der Waals surface area contributed by atoms with E-state index in [1.165, 1.54) is 0 Å². The summed E-state index contributed by atoms with van der Waals surface area (Å²) in [4.78, 5) is 31.3. The van der Waals surface area contributed by atoms with Crippen LogP contribution in [0.4, 0.5) is 26.6 Å². The molecule has 4 atom stereocenters. The maximum Gasteiger partial charge on any atom is 0.404 e. The van der Waals surface area contributed by atoms with Crippen molar-refractivity contribution >= 4 is 29.5 Å². The van der Waals surface area contributed by atoms with Gasteiger partial charge in [-0.15, -0.1) is 0 Å². The largest absolute Gasteiger partial charge is 0.445 e. The number of aromatic nitrogens is 2. The van der Waals surface area contributed by atoms with Crippen molar-refractivity contribution in [2.75, 3.05) is 10.6 Å². The van der Waals surface area contributed by atoms with E-state index in [2.05, 4.69) is 20.6 Å². The molecule has 0 aliphatic heterocycles. The molecule has 3 aliphatic carbocycles. The molecule has 5 rings (SSSR count). The van der Waals surface area contributed by atoms with Crippen LogP contribution in [-0.4, -0.2) is 28.0 Å². The molecule has 1 aromatic heterocycles. The molecule has 2 aromatic rings. The van der Waals surface area contributed by atoms with Crippen molar-refractivity contribution in [1.29, 1.82) is 0 Å². The molecule has 1 heterocycles. The molecule has 3 aliphatic rings. The quantitative estimate of drug-likeness (QED) is 0.518. The van der Waals surface area contributed by atoms with Crippen LogP contribution < -0.4 is 22.1 Å². The zero-order valence-electron chi connectivity index (χ0n) is 17.4. The number of nitrogens with one attached hydrogen (secondary N) is 2. The number of hydrogen-bond acceptors (Lipinski definition) is 7. The highest BCUT2D eigenvalue weighted by molar-refractivity contribution is 5.79. The van der Waals surface area contributed by atoms with Crippen LogP contribution in [0.5, 0.6) is 0 Å². The number of fused-ring (bicyclic) bond motifs is 3. The monoisotopic (exact) mass is 440 g/mol. The summed E-state index contributed by atoms with van der Waals surface area (Å²) in [6, 6.07) is 6.86. The second-order valence-electron chi connectivity index (χ2n) is 9.09. The Morgan fingerprint density at radius 3 is 2.81 bits per heavy atom. The van der Waals surface area contributed by atoms with Gasteiger partial charge >= 0.3 is 6.09 Å². The normalized spacial score (nSPS) is 26.7. The number of anilines is 3. The Labute approximate surface area is 184 Å². The molecule has 3 fully saturated rings. The van der Waals surface area contributed by atoms with Gasteiger partial charge in [-0.3, -0.25) is 4.79 Å². The third-order valence-electron chi connectivity index (χ3n) is 7.17. The Hall–Kier alpha value is -3.43. The highest BCUT2D eigenvalue weighted by Crippen LogP contribution is 2.70. The minimum atomic E-state index is -0.858. The highest BCUT2D eigenvalue weighted by Gasteiger charge is 2.66. The summed E-state index contributed by atoms with van der Waals surface area (Å²) >= 11 is 0. The first-order valence-corrected chi connectivity index (χ1v) is 10.7. The van der Waals surface area contributed by atoms with E-state index in [9.17, 15) is 14.0 Å². The second kappa shape index (κ2) is 7.61. The molecule has 0 unspecified atom stereocenters. The molecule has 10 heteroatoms. The van der Waals surface area contributed by atoms with E-state index in [1.807, 2.05) is 0 Å². The molecule has 168 valence electrons. The summed E-state index contributed by atoms with van der Waals surface area (Å²) in [6.07, 6.45) is 4.54. The van der Waals surface area contributed by atoms with Crippen molar-refractivity contribution in [3.63, 3.8) is 0 Å². The number of halogens is 1. The number of amides is 2. The van der Waals surface area contributed by atoms with E-state index in [4.69, 9.17) is 16.2 Å². The summed E-state index contributed by atoms with van der Waals surface area (Å²) in [6.45, 7) is 0.0302. The third kappa shape index (κ3) is 3.69. The summed E-state index contributed by atoms with van der Waals surface area (Å²) in [7, 11) is 0. The summed E-state index contributed by atoms with van der Waals surface area (Å²) < 4.78 is 19.4. The molecule has 2 bridgehead atoms. The average Bonchev–Trinajstić information content (AvgIpc) is 3.28. The van der Waals surface area contributed by atoms with E-state index in [-0.39, 0.29) is 47.6 Å². The summed E-state index contributed by atoms with van der Waals surface area (Å²) in [5.74, 6) is -0.442. The molecule has 0 radical (unpaired) electrons. The van der Waals surface area contributed by atoms with Crippen molar-refractivity contribution in [1.82, 2.24) is 9.97 Å². The first-order chi connectivity index (χ1) is 15.3. The Balaban J connectivity index is 1.34. The van der Waals surface area contributed by atoms with Gasteiger partial charge in [0.25, 0.3) is 0 Å². The minimum Gasteiger partial charge on any atom is -0.445 e. The number of carbonyl (C=O) groups is 2. The van der Waals surface area contributed by atoms with Gasteiger partial charge in [0.1, 0.15) is 6.61 Å². The molecule has 32 heavy (non-hydrogen) atoms. The van der Waals surface area contributed by atoms with E-state index in [0.29, 0.717) is 11.6 Å². The van der Waals surface area contributed by atoms with Gasteiger partial charge < -0.3 is 26.8 Å². The first-order valence-electron chi connectivity index (χ1n) is 10.7. The first kappa shape index (κ1) is 20.5. The molecule has 0 saturated heterocycles. The molecule has 6 N–H and O–H groups in total. The third-order valence-corrected chi connectivity index (χ3v) is 7.17. The van der Waals surface area contributed by atoms with Crippen LogP contribution >= 0.6 is 0 Å². The van der Waals surface area contributed by atoms with Gasteiger partial charge in [-0.05, 0) is 60.6 Å². The second-order valence-corrected chi connectivity index (χ2v) is 9.09. The summed E-state index contributed by atoms with van der Waals surface area (Å²) in [5, 5.41) is 6.23. The number of rotatable bonds is 7. The van der Waals surface area contributed by atoms with Crippen molar-refractivity contribution < 1.29 is 18.7 Å². The van der Waals surface area contributed by atoms with Crippen molar-refractivity contribution in [2.45, 2.75) is 38.3 Å². The lowest BCUT2D eigenvalue weighted by Crippen LogP contribution is -2.45. The summed E-state index contributed by atoms with van der Waals surface area (Å²) in [5.41, 5.74) is 12.4. The minimum absolute atomic E-state index is 0.0302. The number of benzene rings is 1. The molecule has 3 saturated carbocycles. The van der Waals surface area contributed by atoms with Crippen molar-refractivity contribution in [3.05, 3.63) is 41.8 Å². The number of primary amides is 2. The Morgan fingerprint density at radius 1 is 1.28 bits per heavy atom. The number of nitrogens with zero attached hydrogens (tertiary/aromatic N) is 2. The lowest BCUT2D eigenvalue weighted by Gasteiger charge is -2.35. The maximum atomic E-state index is 14.6. The van der Waals surface area contributed by atoms with Crippen LogP contribution in [0.2, 0.25) is 0 Å². The van der Waals surface area contributed by atoms with Crippen LogP contribution in [0.3, 0.4) is 0 Å². The van der Waals surface area contributed by atoms with Crippen molar-refractivity contribution in [3.8, 4) is 0 Å². The van der Waals surface area contributed by atoms with Gasteiger partial charge in [-0.1, -0.05) is 12.1 Å². The molecular weight excluding hydrogens is 415 g/mol. The molecule has 9 nitrogen and oxygen atoms in total. The fourth-order valence-electron chi connectivity index (χ4n) is 5.72. The molecule has 1 aromatic carbocycles. The van der Waals surface area contributed by atoms with Gasteiger partial charge in [0, 0.05) is 11.7 Å². The topological polar surface area (TPSA) is 145 Å². The van der Waals surface area contributed by atoms with E-state index in [1.54, 1.807) is 24.3 Å². The number of ether oxygens (including phenoxy) is 1. The zero-order chi connectivity index (χ0) is 22.5. The van der Waals surface area contributed by atoms with Crippen LogP contribution in [0.1, 0.15) is 31.2 Å². The molecular formula is C22H25FN6O3. The van der Waals surface area contributed by atoms with Crippen LogP contribution in [0.15, 0.2) is 30.5 Å². The highest BCUT2D eigenvalue weighted by atomic mass is 19.1. The van der Waals surface area contributed by atoms with Gasteiger partial charge in [0.15, 0.2) is 11.6 Å². The van der Waals surface area contributed by atoms with E-state index in [0.717, 1.165) is 37.4 Å². The Bertz CT molecular complexity index is 1080. The number of nitrogens with two attached hydrogens (primary N) is 2. The smallest absolute Gasteiger partial charge is 0.404 e. The SMILES string of the molecule is NC(=O)OCc1cccc(Nc2ncc(F)c(N[C@H]3[C@@H](C(N)=O)[C@H]4C[C@@H]3C3(CC3)C4)n2)c1. The maximum absolute atomic E-state index is 14.6. The van der Waals surface area contributed by atoms with Crippen molar-refractivity contribution in [2.24, 2.45) is 34.6 Å². The van der Waals surface area contributed by atoms with Crippen LogP contribution in [0, 0.1) is 29.0 Å².